The molecule has 3 aromatic rings. The second-order valence-corrected chi connectivity index (χ2v) is 5.85. The number of hydrogen-bond donors (Lipinski definition) is 1. The number of hydrogen-bond acceptors (Lipinski definition) is 2. The second kappa shape index (κ2) is 5.63. The largest absolute Gasteiger partial charge is 0.380 e. The first-order valence-electron chi connectivity index (χ1n) is 6.65. The van der Waals surface area contributed by atoms with Crippen molar-refractivity contribution in [3.05, 3.63) is 64.3 Å². The minimum atomic E-state index is 0.651. The molecule has 0 unspecified atom stereocenters. The SMILES string of the molecule is Cn1cc(CNc2cc(Br)ccc2C#N)c2ccccc21. The van der Waals surface area contributed by atoms with E-state index >= 15 is 0 Å². The Morgan fingerprint density at radius 1 is 1.24 bits per heavy atom. The Balaban J connectivity index is 1.91. The summed E-state index contributed by atoms with van der Waals surface area (Å²) >= 11 is 3.44. The van der Waals surface area contributed by atoms with Gasteiger partial charge in [0.1, 0.15) is 6.07 Å². The topological polar surface area (TPSA) is 40.8 Å². The molecule has 0 fully saturated rings. The number of nitrogens with one attached hydrogen (secondary N) is 1. The predicted octanol–water partition coefficient (Wildman–Crippen LogP) is 4.42. The number of rotatable bonds is 3. The molecule has 0 bridgehead atoms. The zero-order valence-corrected chi connectivity index (χ0v) is 13.2. The lowest BCUT2D eigenvalue weighted by Gasteiger charge is -2.08. The van der Waals surface area contributed by atoms with Crippen LogP contribution in [0.25, 0.3) is 10.9 Å². The molecule has 0 aliphatic rings. The summed E-state index contributed by atoms with van der Waals surface area (Å²) in [6, 6.07) is 16.2. The quantitative estimate of drug-likeness (QED) is 0.767. The summed E-state index contributed by atoms with van der Waals surface area (Å²) in [5.74, 6) is 0. The standard InChI is InChI=1S/C17H14BrN3/c1-21-11-13(15-4-2-3-5-17(15)21)10-20-16-8-14(18)7-6-12(16)9-19/h2-8,11,20H,10H2,1H3. The van der Waals surface area contributed by atoms with Crippen molar-refractivity contribution < 1.29 is 0 Å². The van der Waals surface area contributed by atoms with E-state index in [-0.39, 0.29) is 0 Å². The van der Waals surface area contributed by atoms with Gasteiger partial charge < -0.3 is 9.88 Å². The molecule has 3 nitrogen and oxygen atoms in total. The van der Waals surface area contributed by atoms with E-state index in [1.165, 1.54) is 16.5 Å². The fourth-order valence-electron chi connectivity index (χ4n) is 2.52. The van der Waals surface area contributed by atoms with Crippen LogP contribution in [0.1, 0.15) is 11.1 Å². The third-order valence-electron chi connectivity index (χ3n) is 3.55. The lowest BCUT2D eigenvalue weighted by atomic mass is 10.1. The molecule has 0 aliphatic heterocycles. The molecule has 0 aliphatic carbocycles. The third kappa shape index (κ3) is 2.65. The summed E-state index contributed by atoms with van der Waals surface area (Å²) in [4.78, 5) is 0. The fourth-order valence-corrected chi connectivity index (χ4v) is 2.88. The van der Waals surface area contributed by atoms with Crippen LogP contribution in [-0.2, 0) is 13.6 Å². The molecule has 4 heteroatoms. The Morgan fingerprint density at radius 2 is 2.05 bits per heavy atom. The number of aryl methyl sites for hydroxylation is 1. The van der Waals surface area contributed by atoms with Gasteiger partial charge in [0.05, 0.1) is 11.3 Å². The summed E-state index contributed by atoms with van der Waals surface area (Å²) in [5.41, 5.74) is 3.93. The van der Waals surface area contributed by atoms with Gasteiger partial charge in [-0.2, -0.15) is 5.26 Å². The smallest absolute Gasteiger partial charge is 0.101 e. The normalized spacial score (nSPS) is 10.5. The summed E-state index contributed by atoms with van der Waals surface area (Å²) in [6.45, 7) is 0.687. The molecule has 1 N–H and O–H groups in total. The monoisotopic (exact) mass is 339 g/mol. The molecule has 21 heavy (non-hydrogen) atoms. The highest BCUT2D eigenvalue weighted by Gasteiger charge is 2.07. The van der Waals surface area contributed by atoms with Gasteiger partial charge in [-0.25, -0.2) is 0 Å². The summed E-state index contributed by atoms with van der Waals surface area (Å²) < 4.78 is 3.08. The molecule has 0 saturated heterocycles. The Morgan fingerprint density at radius 3 is 2.86 bits per heavy atom. The van der Waals surface area contributed by atoms with Crippen LogP contribution in [-0.4, -0.2) is 4.57 Å². The van der Waals surface area contributed by atoms with E-state index in [9.17, 15) is 5.26 Å². The molecule has 0 radical (unpaired) electrons. The van der Waals surface area contributed by atoms with Gasteiger partial charge in [0.15, 0.2) is 0 Å². The van der Waals surface area contributed by atoms with Crippen molar-refractivity contribution in [2.45, 2.75) is 6.54 Å². The Hall–Kier alpha value is -2.25. The first-order valence-corrected chi connectivity index (χ1v) is 7.45. The Kier molecular flexibility index (Phi) is 3.68. The van der Waals surface area contributed by atoms with Crippen molar-refractivity contribution in [2.75, 3.05) is 5.32 Å². The number of aromatic nitrogens is 1. The fraction of sp³-hybridized carbons (Fsp3) is 0.118. The minimum absolute atomic E-state index is 0.651. The van der Waals surface area contributed by atoms with Gasteiger partial charge in [-0.1, -0.05) is 34.1 Å². The maximum absolute atomic E-state index is 9.17. The Bertz CT molecular complexity index is 843. The van der Waals surface area contributed by atoms with Crippen LogP contribution in [0.2, 0.25) is 0 Å². The van der Waals surface area contributed by atoms with Gasteiger partial charge in [0, 0.05) is 35.2 Å². The minimum Gasteiger partial charge on any atom is -0.380 e. The van der Waals surface area contributed by atoms with Crippen molar-refractivity contribution in [3.8, 4) is 6.07 Å². The zero-order valence-electron chi connectivity index (χ0n) is 11.6. The van der Waals surface area contributed by atoms with Crippen molar-refractivity contribution in [2.24, 2.45) is 7.05 Å². The van der Waals surface area contributed by atoms with Crippen molar-refractivity contribution >= 4 is 32.5 Å². The van der Waals surface area contributed by atoms with Gasteiger partial charge in [-0.15, -0.1) is 0 Å². The summed E-state index contributed by atoms with van der Waals surface area (Å²) in [6.07, 6.45) is 2.13. The number of anilines is 1. The average Bonchev–Trinajstić information content (AvgIpc) is 2.82. The second-order valence-electron chi connectivity index (χ2n) is 4.94. The Labute approximate surface area is 131 Å². The number of benzene rings is 2. The first kappa shape index (κ1) is 13.7. The highest BCUT2D eigenvalue weighted by atomic mass is 79.9. The van der Waals surface area contributed by atoms with E-state index in [4.69, 9.17) is 0 Å². The van der Waals surface area contributed by atoms with Gasteiger partial charge in [0.2, 0.25) is 0 Å². The third-order valence-corrected chi connectivity index (χ3v) is 4.04. The zero-order chi connectivity index (χ0) is 14.8. The molecule has 3 rings (SSSR count). The van der Waals surface area contributed by atoms with E-state index < -0.39 is 0 Å². The molecule has 104 valence electrons. The van der Waals surface area contributed by atoms with E-state index in [0.717, 1.165) is 10.2 Å². The van der Waals surface area contributed by atoms with Gasteiger partial charge >= 0.3 is 0 Å². The van der Waals surface area contributed by atoms with Gasteiger partial charge in [-0.3, -0.25) is 0 Å². The van der Waals surface area contributed by atoms with Crippen LogP contribution in [0.15, 0.2) is 53.1 Å². The van der Waals surface area contributed by atoms with Crippen LogP contribution in [0.4, 0.5) is 5.69 Å². The number of fused-ring (bicyclic) bond motifs is 1. The highest BCUT2D eigenvalue weighted by Crippen LogP contribution is 2.24. The molecule has 0 amide bonds. The molecule has 1 heterocycles. The van der Waals surface area contributed by atoms with Crippen LogP contribution in [0.3, 0.4) is 0 Å². The number of nitrogens with zero attached hydrogens (tertiary/aromatic N) is 2. The van der Waals surface area contributed by atoms with Crippen LogP contribution in [0, 0.1) is 11.3 Å². The molecular weight excluding hydrogens is 326 g/mol. The maximum Gasteiger partial charge on any atom is 0.101 e. The van der Waals surface area contributed by atoms with Crippen molar-refractivity contribution in [1.29, 1.82) is 5.26 Å². The number of nitriles is 1. The van der Waals surface area contributed by atoms with Gasteiger partial charge in [-0.05, 0) is 29.8 Å². The average molecular weight is 340 g/mol. The lowest BCUT2D eigenvalue weighted by Crippen LogP contribution is -2.01. The molecular formula is C17H14BrN3. The van der Waals surface area contributed by atoms with E-state index in [2.05, 4.69) is 50.2 Å². The van der Waals surface area contributed by atoms with Crippen LogP contribution >= 0.6 is 15.9 Å². The summed E-state index contributed by atoms with van der Waals surface area (Å²) in [5, 5.41) is 13.8. The predicted molar refractivity (Wildman–Crippen MR) is 89.1 cm³/mol. The van der Waals surface area contributed by atoms with Crippen molar-refractivity contribution in [1.82, 2.24) is 4.57 Å². The highest BCUT2D eigenvalue weighted by molar-refractivity contribution is 9.10. The maximum atomic E-state index is 9.17. The number of para-hydroxylation sites is 1. The molecule has 1 aromatic heterocycles. The van der Waals surface area contributed by atoms with Crippen LogP contribution < -0.4 is 5.32 Å². The van der Waals surface area contributed by atoms with Crippen LogP contribution in [0.5, 0.6) is 0 Å². The van der Waals surface area contributed by atoms with E-state index in [1.54, 1.807) is 0 Å². The molecule has 2 aromatic carbocycles. The van der Waals surface area contributed by atoms with E-state index in [1.807, 2.05) is 37.4 Å². The van der Waals surface area contributed by atoms with Crippen molar-refractivity contribution in [3.63, 3.8) is 0 Å². The summed E-state index contributed by atoms with van der Waals surface area (Å²) in [7, 11) is 2.05. The number of halogens is 1. The first-order chi connectivity index (χ1) is 10.2. The lowest BCUT2D eigenvalue weighted by molar-refractivity contribution is 0.955. The van der Waals surface area contributed by atoms with Gasteiger partial charge in [0.25, 0.3) is 0 Å². The van der Waals surface area contributed by atoms with E-state index in [0.29, 0.717) is 12.1 Å². The molecule has 0 spiro atoms. The molecule has 0 atom stereocenters. The molecule has 0 saturated carbocycles.